The molecular weight excluding hydrogens is 386 g/mol. The fraction of sp³-hybridized carbons (Fsp3) is 0. The molecule has 0 saturated carbocycles. The Kier molecular flexibility index (Phi) is 21.1. The third-order valence-corrected chi connectivity index (χ3v) is 0. The molecule has 0 aromatic rings. The van der Waals surface area contributed by atoms with E-state index in [1.165, 1.54) is 0 Å². The Bertz CT molecular complexity index is 130. The molecule has 0 aliphatic heterocycles. The summed E-state index contributed by atoms with van der Waals surface area (Å²) in [5.74, 6) is 0. The van der Waals surface area contributed by atoms with Crippen molar-refractivity contribution in [3.8, 4) is 0 Å². The molecule has 1 radical (unpaired) electrons. The molecule has 21 heavy (non-hydrogen) atoms. The van der Waals surface area contributed by atoms with E-state index < -0.39 is 29.0 Å². The van der Waals surface area contributed by atoms with Crippen molar-refractivity contribution in [2.24, 2.45) is 0 Å². The normalized spacial score (nSPS) is 11.4. The molecule has 0 unspecified atom stereocenters. The second-order valence-corrected chi connectivity index (χ2v) is 1.98. The van der Waals surface area contributed by atoms with Crippen LogP contribution in [0.2, 0.25) is 0 Å². The standard InChI is InChI=1S/4BF4.K/c4*2-1(3,4)5;/q4*-1;. The average Bonchev–Trinajstić information content (AvgIpc) is 1.62. The first-order valence-corrected chi connectivity index (χ1v) is 3.49. The van der Waals surface area contributed by atoms with Gasteiger partial charge in [0.15, 0.2) is 0 Å². The van der Waals surface area contributed by atoms with Crippen LogP contribution in [-0.4, -0.2) is 80.4 Å². The summed E-state index contributed by atoms with van der Waals surface area (Å²) in [6, 6.07) is 0. The van der Waals surface area contributed by atoms with Gasteiger partial charge in [0.05, 0.1) is 0 Å². The molecule has 0 aromatic carbocycles. The molecular formula is B4F16K-4. The van der Waals surface area contributed by atoms with Crippen LogP contribution in [0.25, 0.3) is 0 Å². The molecule has 0 nitrogen and oxygen atoms in total. The maximum atomic E-state index is 9.75. The maximum Gasteiger partial charge on any atom is 0.673 e. The first kappa shape index (κ1) is 33.4. The van der Waals surface area contributed by atoms with E-state index in [1.807, 2.05) is 0 Å². The molecule has 0 aliphatic carbocycles. The van der Waals surface area contributed by atoms with Gasteiger partial charge in [-0.1, -0.05) is 0 Å². The van der Waals surface area contributed by atoms with Gasteiger partial charge in [0.2, 0.25) is 0 Å². The van der Waals surface area contributed by atoms with Gasteiger partial charge in [-0.15, -0.1) is 0 Å². The molecule has 21 heteroatoms. The van der Waals surface area contributed by atoms with Crippen LogP contribution >= 0.6 is 0 Å². The van der Waals surface area contributed by atoms with Crippen molar-refractivity contribution in [3.63, 3.8) is 0 Å². The van der Waals surface area contributed by atoms with Crippen LogP contribution in [0.5, 0.6) is 0 Å². The van der Waals surface area contributed by atoms with Gasteiger partial charge in [-0.25, -0.2) is 0 Å². The number of hydrogen-bond donors (Lipinski definition) is 0. The Morgan fingerprint density at radius 1 is 0.238 bits per heavy atom. The minimum Gasteiger partial charge on any atom is -0.418 e. The fourth-order valence-corrected chi connectivity index (χ4v) is 0. The summed E-state index contributed by atoms with van der Waals surface area (Å²) in [6.45, 7) is 0. The van der Waals surface area contributed by atoms with Crippen molar-refractivity contribution in [2.75, 3.05) is 0 Å². The second kappa shape index (κ2) is 13.2. The van der Waals surface area contributed by atoms with Gasteiger partial charge in [-0.2, -0.15) is 0 Å². The Morgan fingerprint density at radius 3 is 0.238 bits per heavy atom. The van der Waals surface area contributed by atoms with Gasteiger partial charge >= 0.3 is 29.0 Å². The SMILES string of the molecule is F[B-](F)(F)F.F[B-](F)(F)F.F[B-](F)(F)F.F[B-](F)(F)F.[K]. The first-order chi connectivity index (χ1) is 8.00. The van der Waals surface area contributed by atoms with E-state index in [0.29, 0.717) is 0 Å². The molecule has 0 bridgehead atoms. The predicted molar refractivity (Wildman–Crippen MR) is 46.5 cm³/mol. The van der Waals surface area contributed by atoms with Crippen LogP contribution in [0.3, 0.4) is 0 Å². The average molecular weight is 386 g/mol. The smallest absolute Gasteiger partial charge is 0.418 e. The van der Waals surface area contributed by atoms with E-state index in [-0.39, 0.29) is 51.4 Å². The molecule has 0 aliphatic rings. The zero-order chi connectivity index (χ0) is 18.0. The quantitative estimate of drug-likeness (QED) is 0.414. The second-order valence-electron chi connectivity index (χ2n) is 1.98. The third kappa shape index (κ3) is 12200. The van der Waals surface area contributed by atoms with Crippen molar-refractivity contribution >= 4 is 80.4 Å². The van der Waals surface area contributed by atoms with Crippen molar-refractivity contribution in [2.45, 2.75) is 0 Å². The zero-order valence-electron chi connectivity index (χ0n) is 9.36. The van der Waals surface area contributed by atoms with Crippen LogP contribution in [-0.2, 0) is 0 Å². The van der Waals surface area contributed by atoms with E-state index >= 15 is 0 Å². The van der Waals surface area contributed by atoms with E-state index in [2.05, 4.69) is 0 Å². The topological polar surface area (TPSA) is 0 Å². The maximum absolute atomic E-state index is 9.75. The summed E-state index contributed by atoms with van der Waals surface area (Å²) in [6.07, 6.45) is 0. The number of hydrogen-bond acceptors (Lipinski definition) is 0. The van der Waals surface area contributed by atoms with E-state index in [9.17, 15) is 69.1 Å². The van der Waals surface area contributed by atoms with Gasteiger partial charge in [0, 0.05) is 51.4 Å². The molecule has 0 N–H and O–H groups in total. The monoisotopic (exact) mass is 387 g/mol. The molecule has 0 spiro atoms. The van der Waals surface area contributed by atoms with Crippen LogP contribution in [0.15, 0.2) is 0 Å². The molecule has 129 valence electrons. The third-order valence-electron chi connectivity index (χ3n) is 0. The largest absolute Gasteiger partial charge is 0.673 e. The number of halogens is 16. The minimum atomic E-state index is -6.00. The summed E-state index contributed by atoms with van der Waals surface area (Å²) >= 11 is 0. The van der Waals surface area contributed by atoms with Gasteiger partial charge in [0.25, 0.3) is 0 Å². The minimum absolute atomic E-state index is 0. The predicted octanol–water partition coefficient (Wildman–Crippen LogP) is 4.82. The Labute approximate surface area is 148 Å². The zero-order valence-corrected chi connectivity index (χ0v) is 12.5. The van der Waals surface area contributed by atoms with Crippen molar-refractivity contribution in [1.82, 2.24) is 0 Å². The summed E-state index contributed by atoms with van der Waals surface area (Å²) in [4.78, 5) is 0. The van der Waals surface area contributed by atoms with Crippen molar-refractivity contribution in [3.05, 3.63) is 0 Å². The first-order valence-electron chi connectivity index (χ1n) is 3.49. The van der Waals surface area contributed by atoms with E-state index in [0.717, 1.165) is 0 Å². The summed E-state index contributed by atoms with van der Waals surface area (Å²) in [7, 11) is -24.0. The van der Waals surface area contributed by atoms with Gasteiger partial charge in [-0.3, -0.25) is 0 Å². The van der Waals surface area contributed by atoms with E-state index in [1.54, 1.807) is 0 Å². The Morgan fingerprint density at radius 2 is 0.238 bits per heavy atom. The molecule has 0 rings (SSSR count). The van der Waals surface area contributed by atoms with Crippen molar-refractivity contribution < 1.29 is 69.1 Å². The van der Waals surface area contributed by atoms with Gasteiger partial charge in [0.1, 0.15) is 0 Å². The van der Waals surface area contributed by atoms with Crippen LogP contribution in [0.4, 0.5) is 69.1 Å². The molecule has 0 fully saturated rings. The van der Waals surface area contributed by atoms with Gasteiger partial charge in [-0.05, 0) is 0 Å². The van der Waals surface area contributed by atoms with Crippen LogP contribution < -0.4 is 0 Å². The molecule has 0 amide bonds. The summed E-state index contributed by atoms with van der Waals surface area (Å²) in [5.41, 5.74) is 0. The Balaban J connectivity index is -0.0000000533. The van der Waals surface area contributed by atoms with E-state index in [4.69, 9.17) is 0 Å². The van der Waals surface area contributed by atoms with Crippen molar-refractivity contribution in [1.29, 1.82) is 0 Å². The molecule has 0 saturated heterocycles. The van der Waals surface area contributed by atoms with Crippen LogP contribution in [0.1, 0.15) is 0 Å². The Hall–Kier alpha value is 0.776. The van der Waals surface area contributed by atoms with Crippen LogP contribution in [0, 0.1) is 0 Å². The summed E-state index contributed by atoms with van der Waals surface area (Å²) in [5, 5.41) is 0. The molecule has 0 atom stereocenters. The van der Waals surface area contributed by atoms with Gasteiger partial charge < -0.3 is 69.1 Å². The summed E-state index contributed by atoms with van der Waals surface area (Å²) < 4.78 is 156. The molecule has 0 heterocycles. The number of rotatable bonds is 0. The fourth-order valence-electron chi connectivity index (χ4n) is 0. The molecule has 0 aromatic heterocycles.